The lowest BCUT2D eigenvalue weighted by Gasteiger charge is -2.28. The first-order valence-corrected chi connectivity index (χ1v) is 9.19. The van der Waals surface area contributed by atoms with Crippen molar-refractivity contribution in [1.82, 2.24) is 9.47 Å². The number of carboxylic acids is 1. The second-order valence-corrected chi connectivity index (χ2v) is 7.33. The van der Waals surface area contributed by atoms with Gasteiger partial charge < -0.3 is 14.6 Å². The molecule has 0 bridgehead atoms. The zero-order chi connectivity index (χ0) is 18.3. The number of carbonyl (C=O) groups excluding carboxylic acids is 1. The molecule has 0 aliphatic carbocycles. The van der Waals surface area contributed by atoms with E-state index in [1.165, 1.54) is 0 Å². The smallest absolute Gasteiger partial charge is 0.323 e. The molecule has 0 spiro atoms. The first-order valence-electron chi connectivity index (χ1n) is 8.40. The molecule has 1 aliphatic rings. The maximum atomic E-state index is 12.8. The molecular formula is C20H17BrN2O3. The molecule has 1 amide bonds. The monoisotopic (exact) mass is 412 g/mol. The van der Waals surface area contributed by atoms with E-state index >= 15 is 0 Å². The SMILES string of the molecule is O=C(O)Cn1c2c(c3cc(Br)ccc31)CN(C(=O)c1ccccc1)CC2. The molecule has 0 saturated carbocycles. The van der Waals surface area contributed by atoms with Gasteiger partial charge in [-0.25, -0.2) is 0 Å². The third-order valence-electron chi connectivity index (χ3n) is 4.82. The standard InChI is InChI=1S/C20H17BrN2O3/c21-14-6-7-17-15(10-14)16-11-22(20(26)13-4-2-1-3-5-13)9-8-18(16)23(17)12-19(24)25/h1-7,10H,8-9,11-12H2,(H,24,25). The van der Waals surface area contributed by atoms with Gasteiger partial charge in [-0.3, -0.25) is 9.59 Å². The van der Waals surface area contributed by atoms with Crippen LogP contribution < -0.4 is 0 Å². The van der Waals surface area contributed by atoms with Crippen LogP contribution in [0.25, 0.3) is 10.9 Å². The molecule has 1 aromatic heterocycles. The predicted octanol–water partition coefficient (Wildman–Crippen LogP) is 3.69. The van der Waals surface area contributed by atoms with Crippen LogP contribution in [0.5, 0.6) is 0 Å². The normalized spacial score (nSPS) is 13.7. The number of aliphatic carboxylic acids is 1. The summed E-state index contributed by atoms with van der Waals surface area (Å²) in [7, 11) is 0. The largest absolute Gasteiger partial charge is 0.480 e. The quantitative estimate of drug-likeness (QED) is 0.713. The Morgan fingerprint density at radius 1 is 1.12 bits per heavy atom. The zero-order valence-corrected chi connectivity index (χ0v) is 15.6. The van der Waals surface area contributed by atoms with Crippen molar-refractivity contribution >= 4 is 38.7 Å². The van der Waals surface area contributed by atoms with Crippen molar-refractivity contribution < 1.29 is 14.7 Å². The fraction of sp³-hybridized carbons (Fsp3) is 0.200. The van der Waals surface area contributed by atoms with Gasteiger partial charge in [-0.2, -0.15) is 0 Å². The highest BCUT2D eigenvalue weighted by molar-refractivity contribution is 9.10. The molecule has 0 saturated heterocycles. The van der Waals surface area contributed by atoms with Crippen molar-refractivity contribution in [3.8, 4) is 0 Å². The highest BCUT2D eigenvalue weighted by Gasteiger charge is 2.27. The molecule has 5 nitrogen and oxygen atoms in total. The lowest BCUT2D eigenvalue weighted by Crippen LogP contribution is -2.36. The molecule has 0 unspecified atom stereocenters. The summed E-state index contributed by atoms with van der Waals surface area (Å²) in [5.41, 5.74) is 3.62. The summed E-state index contributed by atoms with van der Waals surface area (Å²) in [6.07, 6.45) is 0.646. The number of aromatic nitrogens is 1. The van der Waals surface area contributed by atoms with Crippen molar-refractivity contribution in [3.05, 3.63) is 69.8 Å². The number of hydrogen-bond donors (Lipinski definition) is 1. The highest BCUT2D eigenvalue weighted by Crippen LogP contribution is 2.33. The molecular weight excluding hydrogens is 396 g/mol. The molecule has 4 rings (SSSR count). The minimum atomic E-state index is -0.865. The summed E-state index contributed by atoms with van der Waals surface area (Å²) in [5, 5.41) is 10.3. The average Bonchev–Trinajstić information content (AvgIpc) is 2.94. The molecule has 26 heavy (non-hydrogen) atoms. The predicted molar refractivity (Wildman–Crippen MR) is 102 cm³/mol. The van der Waals surface area contributed by atoms with Gasteiger partial charge in [0.05, 0.1) is 0 Å². The van der Waals surface area contributed by atoms with Gasteiger partial charge in [-0.15, -0.1) is 0 Å². The molecule has 0 fully saturated rings. The lowest BCUT2D eigenvalue weighted by molar-refractivity contribution is -0.137. The van der Waals surface area contributed by atoms with E-state index in [1.54, 1.807) is 0 Å². The number of amides is 1. The Balaban J connectivity index is 1.77. The number of benzene rings is 2. The Kier molecular flexibility index (Phi) is 4.28. The molecule has 6 heteroatoms. The van der Waals surface area contributed by atoms with Gasteiger partial charge in [0.25, 0.3) is 5.91 Å². The number of hydrogen-bond acceptors (Lipinski definition) is 2. The van der Waals surface area contributed by atoms with E-state index in [2.05, 4.69) is 15.9 Å². The van der Waals surface area contributed by atoms with E-state index in [0.29, 0.717) is 25.1 Å². The van der Waals surface area contributed by atoms with Gasteiger partial charge in [0.2, 0.25) is 0 Å². The summed E-state index contributed by atoms with van der Waals surface area (Å²) >= 11 is 3.50. The van der Waals surface area contributed by atoms with Crippen LogP contribution in [-0.2, 0) is 24.3 Å². The Bertz CT molecular complexity index is 1010. The lowest BCUT2D eigenvalue weighted by atomic mass is 10.0. The fourth-order valence-corrected chi connectivity index (χ4v) is 4.04. The third-order valence-corrected chi connectivity index (χ3v) is 5.31. The maximum Gasteiger partial charge on any atom is 0.323 e. The van der Waals surface area contributed by atoms with Crippen LogP contribution in [-0.4, -0.2) is 33.0 Å². The van der Waals surface area contributed by atoms with E-state index in [1.807, 2.05) is 58.0 Å². The van der Waals surface area contributed by atoms with Gasteiger partial charge in [-0.05, 0) is 30.3 Å². The van der Waals surface area contributed by atoms with Crippen molar-refractivity contribution in [1.29, 1.82) is 0 Å². The molecule has 0 radical (unpaired) electrons. The van der Waals surface area contributed by atoms with E-state index in [0.717, 1.165) is 26.6 Å². The molecule has 1 aliphatic heterocycles. The van der Waals surface area contributed by atoms with Crippen molar-refractivity contribution in [2.45, 2.75) is 19.5 Å². The van der Waals surface area contributed by atoms with Gasteiger partial charge in [0.1, 0.15) is 6.54 Å². The number of halogens is 1. The Hall–Kier alpha value is -2.60. The minimum absolute atomic E-state index is 0.00498. The average molecular weight is 413 g/mol. The molecule has 2 aromatic carbocycles. The summed E-state index contributed by atoms with van der Waals surface area (Å²) in [6, 6.07) is 15.1. The summed E-state index contributed by atoms with van der Waals surface area (Å²) in [6.45, 7) is 1.00. The summed E-state index contributed by atoms with van der Waals surface area (Å²) in [5.74, 6) is -0.860. The third kappa shape index (κ3) is 2.90. The van der Waals surface area contributed by atoms with Crippen LogP contribution in [0, 0.1) is 0 Å². The number of nitrogens with zero attached hydrogens (tertiary/aromatic N) is 2. The Labute approximate surface area is 159 Å². The van der Waals surface area contributed by atoms with Crippen LogP contribution in [0.2, 0.25) is 0 Å². The first-order chi connectivity index (χ1) is 12.5. The Morgan fingerprint density at radius 3 is 2.62 bits per heavy atom. The minimum Gasteiger partial charge on any atom is -0.480 e. The molecule has 1 N–H and O–H groups in total. The highest BCUT2D eigenvalue weighted by atomic mass is 79.9. The molecule has 132 valence electrons. The molecule has 0 atom stereocenters. The van der Waals surface area contributed by atoms with E-state index in [9.17, 15) is 14.7 Å². The van der Waals surface area contributed by atoms with Gasteiger partial charge in [0.15, 0.2) is 0 Å². The summed E-state index contributed by atoms with van der Waals surface area (Å²) in [4.78, 5) is 26.0. The molecule has 2 heterocycles. The van der Waals surface area contributed by atoms with Crippen LogP contribution in [0.4, 0.5) is 0 Å². The van der Waals surface area contributed by atoms with Gasteiger partial charge >= 0.3 is 5.97 Å². The fourth-order valence-electron chi connectivity index (χ4n) is 3.67. The van der Waals surface area contributed by atoms with Crippen LogP contribution in [0.3, 0.4) is 0 Å². The van der Waals surface area contributed by atoms with Crippen LogP contribution in [0.1, 0.15) is 21.6 Å². The summed E-state index contributed by atoms with van der Waals surface area (Å²) < 4.78 is 2.80. The first kappa shape index (κ1) is 16.8. The molecule has 3 aromatic rings. The zero-order valence-electron chi connectivity index (χ0n) is 14.0. The van der Waals surface area contributed by atoms with Crippen molar-refractivity contribution in [3.63, 3.8) is 0 Å². The van der Waals surface area contributed by atoms with E-state index in [-0.39, 0.29) is 12.5 Å². The van der Waals surface area contributed by atoms with Crippen LogP contribution in [0.15, 0.2) is 53.0 Å². The second kappa shape index (κ2) is 6.61. The van der Waals surface area contributed by atoms with Gasteiger partial charge in [0, 0.05) is 51.7 Å². The Morgan fingerprint density at radius 2 is 1.88 bits per heavy atom. The number of rotatable bonds is 3. The topological polar surface area (TPSA) is 62.5 Å². The maximum absolute atomic E-state index is 12.8. The number of carboxylic acid groups (broad SMARTS) is 1. The van der Waals surface area contributed by atoms with Gasteiger partial charge in [-0.1, -0.05) is 34.1 Å². The van der Waals surface area contributed by atoms with E-state index in [4.69, 9.17) is 0 Å². The van der Waals surface area contributed by atoms with Crippen LogP contribution >= 0.6 is 15.9 Å². The second-order valence-electron chi connectivity index (χ2n) is 6.41. The number of carbonyl (C=O) groups is 2. The van der Waals surface area contributed by atoms with Crippen molar-refractivity contribution in [2.24, 2.45) is 0 Å². The van der Waals surface area contributed by atoms with Crippen molar-refractivity contribution in [2.75, 3.05) is 6.54 Å². The number of fused-ring (bicyclic) bond motifs is 3. The van der Waals surface area contributed by atoms with E-state index < -0.39 is 5.97 Å².